The molecule has 1 aromatic heterocycles. The molecule has 3 heteroatoms. The van der Waals surface area contributed by atoms with Crippen LogP contribution in [0, 0.1) is 0 Å². The molecule has 0 bridgehead atoms. The van der Waals surface area contributed by atoms with E-state index in [0.29, 0.717) is 0 Å². The summed E-state index contributed by atoms with van der Waals surface area (Å²) in [4.78, 5) is 12.8. The molecule has 0 radical (unpaired) electrons. The molecule has 0 unspecified atom stereocenters. The molecule has 0 saturated heterocycles. The van der Waals surface area contributed by atoms with Crippen LogP contribution in [0.4, 0.5) is 0 Å². The third-order valence-corrected chi connectivity index (χ3v) is 9.89. The van der Waals surface area contributed by atoms with Crippen LogP contribution in [0.3, 0.4) is 0 Å². The van der Waals surface area contributed by atoms with Gasteiger partial charge in [-0.25, -0.2) is 9.97 Å². The number of nitrogens with zero attached hydrogens (tertiary/aromatic N) is 2. The van der Waals surface area contributed by atoms with E-state index in [9.17, 15) is 0 Å². The first-order valence-electron chi connectivity index (χ1n) is 15.0. The topological polar surface area (TPSA) is 25.8 Å². The summed E-state index contributed by atoms with van der Waals surface area (Å²) in [6.07, 6.45) is 0. The zero-order chi connectivity index (χ0) is 29.7. The first-order valence-corrected chi connectivity index (χ1v) is 15.8. The first-order chi connectivity index (χ1) is 21.6. The normalized spacial score (nSPS) is 13.3. The van der Waals surface area contributed by atoms with Gasteiger partial charge in [-0.05, 0) is 51.6 Å². The Morgan fingerprint density at radius 1 is 0.477 bits per heavy atom. The number of hydrogen-bond donors (Lipinski definition) is 0. The Morgan fingerprint density at radius 3 is 1.91 bits per heavy atom. The van der Waals surface area contributed by atoms with Crippen molar-refractivity contribution in [2.45, 2.75) is 29.1 Å². The molecule has 1 aliphatic heterocycles. The van der Waals surface area contributed by atoms with Gasteiger partial charge >= 0.3 is 0 Å². The van der Waals surface area contributed by atoms with Crippen LogP contribution in [0.25, 0.3) is 55.8 Å². The highest BCUT2D eigenvalue weighted by molar-refractivity contribution is 7.99. The summed E-state index contributed by atoms with van der Waals surface area (Å²) >= 11 is 1.87. The van der Waals surface area contributed by atoms with Crippen molar-refractivity contribution in [1.82, 2.24) is 9.97 Å². The number of rotatable bonds is 4. The van der Waals surface area contributed by atoms with Gasteiger partial charge in [0.25, 0.3) is 0 Å². The molecule has 0 atom stereocenters. The summed E-state index contributed by atoms with van der Waals surface area (Å²) in [5.74, 6) is 0.734. The fourth-order valence-electron chi connectivity index (χ4n) is 6.50. The van der Waals surface area contributed by atoms with Crippen LogP contribution < -0.4 is 0 Å². The van der Waals surface area contributed by atoms with Gasteiger partial charge in [0.15, 0.2) is 5.82 Å². The highest BCUT2D eigenvalue weighted by Gasteiger charge is 2.35. The molecule has 8 rings (SSSR count). The molecular formula is C41H30N2S. The largest absolute Gasteiger partial charge is 0.228 e. The fraction of sp³-hybridized carbons (Fsp3) is 0.0732. The number of benzene rings is 6. The van der Waals surface area contributed by atoms with Crippen molar-refractivity contribution in [3.8, 4) is 44.9 Å². The Morgan fingerprint density at radius 2 is 1.09 bits per heavy atom. The SMILES string of the molecule is CC1(C)c2ccccc2Sc2cccc(-c3ccc(-c4nc(-c5ccc(-c6ccccc6)cc5)c5ccccc5n4)cc3)c21. The van der Waals surface area contributed by atoms with Crippen molar-refractivity contribution >= 4 is 22.7 Å². The van der Waals surface area contributed by atoms with Crippen LogP contribution in [0.1, 0.15) is 25.0 Å². The van der Waals surface area contributed by atoms with Gasteiger partial charge in [-0.3, -0.25) is 0 Å². The molecule has 0 saturated carbocycles. The van der Waals surface area contributed by atoms with Crippen LogP contribution >= 0.6 is 11.8 Å². The van der Waals surface area contributed by atoms with Gasteiger partial charge in [0.05, 0.1) is 11.2 Å². The second-order valence-electron chi connectivity index (χ2n) is 11.8. The lowest BCUT2D eigenvalue weighted by molar-refractivity contribution is 0.609. The quantitative estimate of drug-likeness (QED) is 0.206. The van der Waals surface area contributed by atoms with E-state index in [1.54, 1.807) is 0 Å². The molecule has 2 nitrogen and oxygen atoms in total. The van der Waals surface area contributed by atoms with E-state index in [4.69, 9.17) is 9.97 Å². The van der Waals surface area contributed by atoms with Gasteiger partial charge < -0.3 is 0 Å². The zero-order valence-corrected chi connectivity index (χ0v) is 25.5. The molecule has 210 valence electrons. The molecule has 1 aliphatic rings. The van der Waals surface area contributed by atoms with Crippen molar-refractivity contribution in [1.29, 1.82) is 0 Å². The number of hydrogen-bond acceptors (Lipinski definition) is 3. The minimum atomic E-state index is -0.0984. The average Bonchev–Trinajstić information content (AvgIpc) is 3.08. The lowest BCUT2D eigenvalue weighted by atomic mass is 9.74. The summed E-state index contributed by atoms with van der Waals surface area (Å²) in [7, 11) is 0. The summed E-state index contributed by atoms with van der Waals surface area (Å²) in [5, 5.41) is 1.05. The molecule has 0 N–H and O–H groups in total. The van der Waals surface area contributed by atoms with Crippen LogP contribution in [-0.4, -0.2) is 9.97 Å². The van der Waals surface area contributed by atoms with Crippen LogP contribution in [-0.2, 0) is 5.41 Å². The molecule has 6 aromatic carbocycles. The molecule has 0 amide bonds. The minimum Gasteiger partial charge on any atom is -0.228 e. The molecule has 44 heavy (non-hydrogen) atoms. The monoisotopic (exact) mass is 582 g/mol. The van der Waals surface area contributed by atoms with E-state index in [1.165, 1.54) is 43.2 Å². The van der Waals surface area contributed by atoms with Crippen molar-refractivity contribution in [2.75, 3.05) is 0 Å². The number of para-hydroxylation sites is 1. The Kier molecular flexibility index (Phi) is 6.43. The van der Waals surface area contributed by atoms with E-state index >= 15 is 0 Å². The van der Waals surface area contributed by atoms with E-state index < -0.39 is 0 Å². The van der Waals surface area contributed by atoms with Crippen LogP contribution in [0.2, 0.25) is 0 Å². The molecule has 0 aliphatic carbocycles. The maximum absolute atomic E-state index is 5.15. The smallest absolute Gasteiger partial charge is 0.160 e. The van der Waals surface area contributed by atoms with Crippen LogP contribution in [0.15, 0.2) is 155 Å². The first kappa shape index (κ1) is 26.6. The van der Waals surface area contributed by atoms with E-state index in [0.717, 1.165) is 33.5 Å². The molecule has 2 heterocycles. The number of aromatic nitrogens is 2. The highest BCUT2D eigenvalue weighted by Crippen LogP contribution is 2.52. The average molecular weight is 583 g/mol. The standard InChI is InChI=1S/C41H30N2S/c1-41(2)34-15-7-9-17-36(34)44-37-18-10-14-32(38(37)41)29-21-25-31(26-22-29)40-42-35-16-8-6-13-33(35)39(43-40)30-23-19-28(20-24-30)27-11-4-3-5-12-27/h3-26H,1-2H3. The van der Waals surface area contributed by atoms with Crippen molar-refractivity contribution in [2.24, 2.45) is 0 Å². The predicted molar refractivity (Wildman–Crippen MR) is 184 cm³/mol. The van der Waals surface area contributed by atoms with Gasteiger partial charge in [0.2, 0.25) is 0 Å². The second kappa shape index (κ2) is 10.6. The van der Waals surface area contributed by atoms with Crippen LogP contribution in [0.5, 0.6) is 0 Å². The van der Waals surface area contributed by atoms with Gasteiger partial charge in [0.1, 0.15) is 0 Å². The summed E-state index contributed by atoms with van der Waals surface area (Å²) in [6, 6.07) is 51.7. The Labute approximate surface area is 262 Å². The maximum atomic E-state index is 5.15. The van der Waals surface area contributed by atoms with Gasteiger partial charge in [-0.15, -0.1) is 0 Å². The van der Waals surface area contributed by atoms with E-state index in [-0.39, 0.29) is 5.41 Å². The third kappa shape index (κ3) is 4.52. The fourth-order valence-corrected chi connectivity index (χ4v) is 7.93. The minimum absolute atomic E-state index is 0.0984. The van der Waals surface area contributed by atoms with E-state index in [1.807, 2.05) is 23.9 Å². The Hall–Kier alpha value is -4.99. The third-order valence-electron chi connectivity index (χ3n) is 8.75. The van der Waals surface area contributed by atoms with Crippen molar-refractivity contribution in [3.63, 3.8) is 0 Å². The Balaban J connectivity index is 1.18. The summed E-state index contributed by atoms with van der Waals surface area (Å²) < 4.78 is 0. The maximum Gasteiger partial charge on any atom is 0.160 e. The molecule has 0 spiro atoms. The summed E-state index contributed by atoms with van der Waals surface area (Å²) in [6.45, 7) is 4.69. The molecule has 0 fully saturated rings. The molecular weight excluding hydrogens is 553 g/mol. The number of fused-ring (bicyclic) bond motifs is 3. The lowest BCUT2D eigenvalue weighted by Crippen LogP contribution is -2.24. The molecule has 7 aromatic rings. The predicted octanol–water partition coefficient (Wildman–Crippen LogP) is 11.1. The second-order valence-corrected chi connectivity index (χ2v) is 12.9. The van der Waals surface area contributed by atoms with Gasteiger partial charge in [-0.1, -0.05) is 153 Å². The van der Waals surface area contributed by atoms with Crippen molar-refractivity contribution < 1.29 is 0 Å². The lowest BCUT2D eigenvalue weighted by Gasteiger charge is -2.36. The van der Waals surface area contributed by atoms with Gasteiger partial charge in [0, 0.05) is 31.7 Å². The van der Waals surface area contributed by atoms with E-state index in [2.05, 4.69) is 147 Å². The van der Waals surface area contributed by atoms with Crippen molar-refractivity contribution in [3.05, 3.63) is 157 Å². The highest BCUT2D eigenvalue weighted by atomic mass is 32.2. The van der Waals surface area contributed by atoms with Gasteiger partial charge in [-0.2, -0.15) is 0 Å². The Bertz CT molecular complexity index is 2150. The summed E-state index contributed by atoms with van der Waals surface area (Å²) in [5.41, 5.74) is 11.5. The zero-order valence-electron chi connectivity index (χ0n) is 24.7.